The van der Waals surface area contributed by atoms with Crippen LogP contribution in [0.25, 0.3) is 0 Å². The van der Waals surface area contributed by atoms with Gasteiger partial charge in [0.05, 0.1) is 20.3 Å². The topological polar surface area (TPSA) is 78.9 Å². The smallest absolute Gasteiger partial charge is 0.413 e. The minimum atomic E-state index is -0.782. The van der Waals surface area contributed by atoms with Crippen LogP contribution in [0.1, 0.15) is 13.8 Å². The van der Waals surface area contributed by atoms with E-state index >= 15 is 0 Å². The van der Waals surface area contributed by atoms with Crippen molar-refractivity contribution in [1.82, 2.24) is 10.2 Å². The summed E-state index contributed by atoms with van der Waals surface area (Å²) in [6, 6.07) is 0. The molecule has 6 heteroatoms. The third-order valence-corrected chi connectivity index (χ3v) is 2.23. The number of hydrogen-bond donors (Lipinski definition) is 2. The summed E-state index contributed by atoms with van der Waals surface area (Å²) >= 11 is 0. The average Bonchev–Trinajstić information content (AvgIpc) is 2.17. The first kappa shape index (κ1) is 13.9. The molecule has 0 aromatic heterocycles. The second kappa shape index (κ2) is 5.67. The van der Waals surface area contributed by atoms with Gasteiger partial charge in [0, 0.05) is 5.54 Å². The number of likely N-dealkylation sites (N-methyl/N-ethyl adjacent to an activating group) is 1. The monoisotopic (exact) mass is 218 g/mol. The van der Waals surface area contributed by atoms with Gasteiger partial charge in [0.2, 0.25) is 5.91 Å². The summed E-state index contributed by atoms with van der Waals surface area (Å²) in [6.07, 6.45) is -0.782. The first-order valence-electron chi connectivity index (χ1n) is 4.53. The number of amides is 2. The van der Waals surface area contributed by atoms with Crippen LogP contribution < -0.4 is 5.32 Å². The van der Waals surface area contributed by atoms with E-state index in [9.17, 15) is 9.59 Å². The molecule has 0 atom stereocenters. The van der Waals surface area contributed by atoms with Gasteiger partial charge in [0.1, 0.15) is 0 Å². The van der Waals surface area contributed by atoms with E-state index in [2.05, 4.69) is 4.74 Å². The van der Waals surface area contributed by atoms with Crippen molar-refractivity contribution in [3.05, 3.63) is 0 Å². The van der Waals surface area contributed by atoms with Crippen LogP contribution >= 0.6 is 0 Å². The van der Waals surface area contributed by atoms with Crippen LogP contribution in [-0.2, 0) is 9.53 Å². The third kappa shape index (κ3) is 4.75. The van der Waals surface area contributed by atoms with Crippen molar-refractivity contribution in [2.75, 3.05) is 27.3 Å². The van der Waals surface area contributed by atoms with Crippen molar-refractivity contribution in [3.63, 3.8) is 0 Å². The molecule has 0 radical (unpaired) electrons. The van der Waals surface area contributed by atoms with E-state index in [1.165, 1.54) is 7.11 Å². The molecule has 0 aromatic rings. The highest BCUT2D eigenvalue weighted by Gasteiger charge is 2.24. The fourth-order valence-corrected chi connectivity index (χ4v) is 0.755. The maximum Gasteiger partial charge on any atom is 0.413 e. The lowest BCUT2D eigenvalue weighted by atomic mass is 10.1. The molecule has 0 bridgehead atoms. The molecule has 0 aliphatic rings. The van der Waals surface area contributed by atoms with E-state index < -0.39 is 17.5 Å². The van der Waals surface area contributed by atoms with Gasteiger partial charge in [-0.05, 0) is 20.9 Å². The van der Waals surface area contributed by atoms with Gasteiger partial charge in [-0.25, -0.2) is 4.79 Å². The molecule has 15 heavy (non-hydrogen) atoms. The number of imide groups is 1. The Labute approximate surface area is 89.2 Å². The Balaban J connectivity index is 4.13. The summed E-state index contributed by atoms with van der Waals surface area (Å²) < 4.78 is 4.28. The molecule has 0 unspecified atom stereocenters. The van der Waals surface area contributed by atoms with Gasteiger partial charge in [-0.3, -0.25) is 15.0 Å². The van der Waals surface area contributed by atoms with Crippen LogP contribution in [0, 0.1) is 0 Å². The van der Waals surface area contributed by atoms with Crippen molar-refractivity contribution in [2.24, 2.45) is 0 Å². The standard InChI is InChI=1S/C9H18N2O4/c1-9(2,6-12)11(3)5-7(13)10-8(14)15-4/h12H,5-6H2,1-4H3,(H,10,13,14). The lowest BCUT2D eigenvalue weighted by Gasteiger charge is -2.32. The second-order valence-corrected chi connectivity index (χ2v) is 3.87. The molecule has 0 saturated carbocycles. The summed E-state index contributed by atoms with van der Waals surface area (Å²) in [5.74, 6) is -0.467. The Morgan fingerprint density at radius 2 is 2.00 bits per heavy atom. The fourth-order valence-electron chi connectivity index (χ4n) is 0.755. The number of carbonyl (C=O) groups is 2. The summed E-state index contributed by atoms with van der Waals surface area (Å²) in [4.78, 5) is 23.6. The molecule has 2 amide bonds. The predicted molar refractivity (Wildman–Crippen MR) is 54.3 cm³/mol. The number of ether oxygens (including phenoxy) is 1. The minimum Gasteiger partial charge on any atom is -0.453 e. The Kier molecular flexibility index (Phi) is 5.24. The number of nitrogens with one attached hydrogen (secondary N) is 1. The number of hydrogen-bond acceptors (Lipinski definition) is 5. The van der Waals surface area contributed by atoms with Gasteiger partial charge in [0.25, 0.3) is 0 Å². The van der Waals surface area contributed by atoms with E-state index in [4.69, 9.17) is 5.11 Å². The first-order valence-corrected chi connectivity index (χ1v) is 4.53. The zero-order valence-electron chi connectivity index (χ0n) is 9.53. The maximum atomic E-state index is 11.3. The molecule has 0 rings (SSSR count). The summed E-state index contributed by atoms with van der Waals surface area (Å²) in [6.45, 7) is 3.52. The molecule has 0 heterocycles. The Morgan fingerprint density at radius 1 is 1.47 bits per heavy atom. The Bertz CT molecular complexity index is 240. The predicted octanol–water partition coefficient (Wildman–Crippen LogP) is -0.428. The van der Waals surface area contributed by atoms with Crippen LogP contribution in [-0.4, -0.2) is 54.9 Å². The summed E-state index contributed by atoms with van der Waals surface area (Å²) in [5.41, 5.74) is -0.506. The van der Waals surface area contributed by atoms with E-state index in [1.54, 1.807) is 25.8 Å². The lowest BCUT2D eigenvalue weighted by molar-refractivity contribution is -0.122. The normalized spacial score (nSPS) is 11.3. The number of rotatable bonds is 4. The van der Waals surface area contributed by atoms with E-state index in [1.807, 2.05) is 5.32 Å². The lowest BCUT2D eigenvalue weighted by Crippen LogP contribution is -2.49. The van der Waals surface area contributed by atoms with Crippen molar-refractivity contribution < 1.29 is 19.4 Å². The van der Waals surface area contributed by atoms with Gasteiger partial charge in [-0.2, -0.15) is 0 Å². The van der Waals surface area contributed by atoms with E-state index in [-0.39, 0.29) is 13.2 Å². The van der Waals surface area contributed by atoms with Crippen LogP contribution in [0.3, 0.4) is 0 Å². The number of carbonyl (C=O) groups excluding carboxylic acids is 2. The van der Waals surface area contributed by atoms with Gasteiger partial charge in [0.15, 0.2) is 0 Å². The second-order valence-electron chi connectivity index (χ2n) is 3.87. The largest absolute Gasteiger partial charge is 0.453 e. The van der Waals surface area contributed by atoms with Gasteiger partial charge in [-0.15, -0.1) is 0 Å². The molecule has 0 spiro atoms. The first-order chi connectivity index (χ1) is 6.83. The number of nitrogens with zero attached hydrogens (tertiary/aromatic N) is 1. The molecular formula is C9H18N2O4. The molecule has 2 N–H and O–H groups in total. The van der Waals surface area contributed by atoms with Crippen LogP contribution in [0.2, 0.25) is 0 Å². The Hall–Kier alpha value is -1.14. The number of aliphatic hydroxyl groups excluding tert-OH is 1. The molecule has 0 aliphatic heterocycles. The SMILES string of the molecule is COC(=O)NC(=O)CN(C)C(C)(C)CO. The van der Waals surface area contributed by atoms with Gasteiger partial charge in [-0.1, -0.05) is 0 Å². The van der Waals surface area contributed by atoms with Gasteiger partial charge < -0.3 is 9.84 Å². The van der Waals surface area contributed by atoms with Crippen molar-refractivity contribution in [3.8, 4) is 0 Å². The van der Waals surface area contributed by atoms with E-state index in [0.29, 0.717) is 0 Å². The number of aliphatic hydroxyl groups is 1. The zero-order chi connectivity index (χ0) is 12.1. The number of methoxy groups -OCH3 is 1. The maximum absolute atomic E-state index is 11.3. The molecule has 6 nitrogen and oxygen atoms in total. The highest BCUT2D eigenvalue weighted by atomic mass is 16.5. The highest BCUT2D eigenvalue weighted by Crippen LogP contribution is 2.09. The van der Waals surface area contributed by atoms with Crippen LogP contribution in [0.4, 0.5) is 4.79 Å². The molecule has 0 saturated heterocycles. The van der Waals surface area contributed by atoms with Gasteiger partial charge >= 0.3 is 6.09 Å². The summed E-state index contributed by atoms with van der Waals surface area (Å²) in [5, 5.41) is 11.1. The van der Waals surface area contributed by atoms with Crippen LogP contribution in [0.15, 0.2) is 0 Å². The van der Waals surface area contributed by atoms with E-state index in [0.717, 1.165) is 0 Å². The van der Waals surface area contributed by atoms with Crippen molar-refractivity contribution in [2.45, 2.75) is 19.4 Å². The zero-order valence-corrected chi connectivity index (χ0v) is 9.53. The molecule has 0 aromatic carbocycles. The van der Waals surface area contributed by atoms with Crippen molar-refractivity contribution >= 4 is 12.0 Å². The fraction of sp³-hybridized carbons (Fsp3) is 0.778. The summed E-state index contributed by atoms with van der Waals surface area (Å²) in [7, 11) is 2.87. The van der Waals surface area contributed by atoms with Crippen molar-refractivity contribution in [1.29, 1.82) is 0 Å². The minimum absolute atomic E-state index is 0.0165. The third-order valence-electron chi connectivity index (χ3n) is 2.23. The molecule has 0 fully saturated rings. The highest BCUT2D eigenvalue weighted by molar-refractivity contribution is 5.92. The Morgan fingerprint density at radius 3 is 2.40 bits per heavy atom. The molecular weight excluding hydrogens is 200 g/mol. The quantitative estimate of drug-likeness (QED) is 0.669. The molecule has 88 valence electrons. The molecule has 0 aliphatic carbocycles. The van der Waals surface area contributed by atoms with Crippen LogP contribution in [0.5, 0.6) is 0 Å². The average molecular weight is 218 g/mol. The number of alkyl carbamates (subject to hydrolysis) is 1.